The lowest BCUT2D eigenvalue weighted by Crippen LogP contribution is -2.22. The molecule has 2 aromatic rings. The summed E-state index contributed by atoms with van der Waals surface area (Å²) in [5, 5.41) is 6.67. The SMILES string of the molecule is O=C(CNc1c(Cl)cccc1Cl)Nc1ccccc1Br. The van der Waals surface area contributed by atoms with Gasteiger partial charge in [0, 0.05) is 4.47 Å². The Morgan fingerprint density at radius 3 is 2.35 bits per heavy atom. The van der Waals surface area contributed by atoms with E-state index in [4.69, 9.17) is 23.2 Å². The van der Waals surface area contributed by atoms with Crippen LogP contribution in [0.3, 0.4) is 0 Å². The quantitative estimate of drug-likeness (QED) is 0.807. The van der Waals surface area contributed by atoms with E-state index in [1.807, 2.05) is 24.3 Å². The van der Waals surface area contributed by atoms with E-state index in [9.17, 15) is 4.79 Å². The fourth-order valence-electron chi connectivity index (χ4n) is 1.59. The van der Waals surface area contributed by atoms with E-state index in [1.54, 1.807) is 18.2 Å². The van der Waals surface area contributed by atoms with Gasteiger partial charge in [0.25, 0.3) is 0 Å². The lowest BCUT2D eigenvalue weighted by molar-refractivity contribution is -0.114. The van der Waals surface area contributed by atoms with Gasteiger partial charge in [0.05, 0.1) is 28.0 Å². The van der Waals surface area contributed by atoms with Crippen LogP contribution < -0.4 is 10.6 Å². The summed E-state index contributed by atoms with van der Waals surface area (Å²) in [7, 11) is 0. The Hall–Kier alpha value is -1.23. The molecule has 104 valence electrons. The van der Waals surface area contributed by atoms with Gasteiger partial charge in [0.2, 0.25) is 5.91 Å². The lowest BCUT2D eigenvalue weighted by Gasteiger charge is -2.11. The molecule has 0 spiro atoms. The summed E-state index contributed by atoms with van der Waals surface area (Å²) in [5.41, 5.74) is 1.27. The van der Waals surface area contributed by atoms with Crippen molar-refractivity contribution in [1.82, 2.24) is 0 Å². The normalized spacial score (nSPS) is 10.2. The molecular formula is C14H11BrCl2N2O. The average molecular weight is 374 g/mol. The molecule has 0 fully saturated rings. The van der Waals surface area contributed by atoms with Gasteiger partial charge >= 0.3 is 0 Å². The first kappa shape index (κ1) is 15.2. The molecule has 20 heavy (non-hydrogen) atoms. The van der Waals surface area contributed by atoms with Gasteiger partial charge in [-0.3, -0.25) is 4.79 Å². The predicted octanol–water partition coefficient (Wildman–Crippen LogP) is 4.81. The van der Waals surface area contributed by atoms with Crippen molar-refractivity contribution in [2.45, 2.75) is 0 Å². The Balaban J connectivity index is 1.98. The van der Waals surface area contributed by atoms with Gasteiger partial charge in [-0.15, -0.1) is 0 Å². The third-order valence-electron chi connectivity index (χ3n) is 2.54. The highest BCUT2D eigenvalue weighted by Crippen LogP contribution is 2.29. The molecule has 6 heteroatoms. The number of amides is 1. The highest BCUT2D eigenvalue weighted by molar-refractivity contribution is 9.10. The van der Waals surface area contributed by atoms with Gasteiger partial charge in [-0.2, -0.15) is 0 Å². The number of nitrogens with one attached hydrogen (secondary N) is 2. The molecule has 0 aliphatic rings. The van der Waals surface area contributed by atoms with Gasteiger partial charge in [0.15, 0.2) is 0 Å². The molecule has 0 radical (unpaired) electrons. The third kappa shape index (κ3) is 3.88. The average Bonchev–Trinajstić information content (AvgIpc) is 2.41. The molecule has 0 aliphatic heterocycles. The number of carbonyl (C=O) groups is 1. The fourth-order valence-corrected chi connectivity index (χ4v) is 2.51. The summed E-state index contributed by atoms with van der Waals surface area (Å²) in [6.45, 7) is 0.0742. The van der Waals surface area contributed by atoms with Crippen LogP contribution in [0.25, 0.3) is 0 Å². The van der Waals surface area contributed by atoms with E-state index >= 15 is 0 Å². The van der Waals surface area contributed by atoms with Crippen LogP contribution in [-0.4, -0.2) is 12.5 Å². The van der Waals surface area contributed by atoms with Crippen LogP contribution in [0.1, 0.15) is 0 Å². The number of rotatable bonds is 4. The second kappa shape index (κ2) is 6.97. The number of para-hydroxylation sites is 2. The van der Waals surface area contributed by atoms with Crippen molar-refractivity contribution in [3.63, 3.8) is 0 Å². The zero-order chi connectivity index (χ0) is 14.5. The molecule has 3 nitrogen and oxygen atoms in total. The van der Waals surface area contributed by atoms with Crippen LogP contribution in [-0.2, 0) is 4.79 Å². The zero-order valence-electron chi connectivity index (χ0n) is 10.3. The molecule has 0 bridgehead atoms. The van der Waals surface area contributed by atoms with E-state index in [2.05, 4.69) is 26.6 Å². The van der Waals surface area contributed by atoms with Gasteiger partial charge < -0.3 is 10.6 Å². The molecular weight excluding hydrogens is 363 g/mol. The molecule has 0 saturated carbocycles. The van der Waals surface area contributed by atoms with E-state index in [0.29, 0.717) is 21.4 Å². The van der Waals surface area contributed by atoms with Gasteiger partial charge in [0.1, 0.15) is 0 Å². The Kier molecular flexibility index (Phi) is 5.29. The van der Waals surface area contributed by atoms with Crippen molar-refractivity contribution in [2.24, 2.45) is 0 Å². The maximum Gasteiger partial charge on any atom is 0.243 e. The van der Waals surface area contributed by atoms with Crippen LogP contribution in [0.2, 0.25) is 10.0 Å². The summed E-state index contributed by atoms with van der Waals surface area (Å²) in [5.74, 6) is -0.187. The van der Waals surface area contributed by atoms with Crippen molar-refractivity contribution in [1.29, 1.82) is 0 Å². The molecule has 2 rings (SSSR count). The Bertz CT molecular complexity index is 614. The number of anilines is 2. The largest absolute Gasteiger partial charge is 0.374 e. The van der Waals surface area contributed by atoms with Crippen LogP contribution in [0.5, 0.6) is 0 Å². The Labute approximate surface area is 135 Å². The highest BCUT2D eigenvalue weighted by atomic mass is 79.9. The van der Waals surface area contributed by atoms with E-state index < -0.39 is 0 Å². The van der Waals surface area contributed by atoms with Gasteiger partial charge in [-0.1, -0.05) is 41.4 Å². The number of halogens is 3. The predicted molar refractivity (Wildman–Crippen MR) is 87.7 cm³/mol. The van der Waals surface area contributed by atoms with E-state index in [0.717, 1.165) is 4.47 Å². The topological polar surface area (TPSA) is 41.1 Å². The lowest BCUT2D eigenvalue weighted by atomic mass is 10.3. The minimum Gasteiger partial charge on any atom is -0.374 e. The number of carbonyl (C=O) groups excluding carboxylic acids is 1. The number of benzene rings is 2. The minimum atomic E-state index is -0.187. The third-order valence-corrected chi connectivity index (χ3v) is 3.86. The Morgan fingerprint density at radius 2 is 1.70 bits per heavy atom. The maximum absolute atomic E-state index is 11.9. The monoisotopic (exact) mass is 372 g/mol. The molecule has 0 aromatic heterocycles. The molecule has 0 unspecified atom stereocenters. The fraction of sp³-hybridized carbons (Fsp3) is 0.0714. The smallest absolute Gasteiger partial charge is 0.243 e. The second-order valence-corrected chi connectivity index (χ2v) is 5.65. The van der Waals surface area contributed by atoms with Crippen molar-refractivity contribution < 1.29 is 4.79 Å². The molecule has 0 heterocycles. The van der Waals surface area contributed by atoms with Crippen LogP contribution in [0.15, 0.2) is 46.9 Å². The Morgan fingerprint density at radius 1 is 1.05 bits per heavy atom. The molecule has 2 N–H and O–H groups in total. The maximum atomic E-state index is 11.9. The summed E-state index contributed by atoms with van der Waals surface area (Å²) < 4.78 is 0.823. The first-order chi connectivity index (χ1) is 9.58. The summed E-state index contributed by atoms with van der Waals surface area (Å²) >= 11 is 15.4. The minimum absolute atomic E-state index is 0.0742. The first-order valence-electron chi connectivity index (χ1n) is 5.80. The summed E-state index contributed by atoms with van der Waals surface area (Å²) in [6, 6.07) is 12.6. The van der Waals surface area contributed by atoms with Gasteiger partial charge in [-0.25, -0.2) is 0 Å². The van der Waals surface area contributed by atoms with Crippen molar-refractivity contribution in [2.75, 3.05) is 17.2 Å². The molecule has 0 aliphatic carbocycles. The molecule has 1 amide bonds. The molecule has 0 saturated heterocycles. The summed E-state index contributed by atoms with van der Waals surface area (Å²) in [4.78, 5) is 11.9. The van der Waals surface area contributed by atoms with E-state index in [1.165, 1.54) is 0 Å². The van der Waals surface area contributed by atoms with Crippen LogP contribution in [0.4, 0.5) is 11.4 Å². The zero-order valence-corrected chi connectivity index (χ0v) is 13.4. The molecule has 0 atom stereocenters. The summed E-state index contributed by atoms with van der Waals surface area (Å²) in [6.07, 6.45) is 0. The van der Waals surface area contributed by atoms with E-state index in [-0.39, 0.29) is 12.5 Å². The van der Waals surface area contributed by atoms with Crippen LogP contribution in [0, 0.1) is 0 Å². The first-order valence-corrected chi connectivity index (χ1v) is 7.35. The molecule has 2 aromatic carbocycles. The van der Waals surface area contributed by atoms with Crippen molar-refractivity contribution >= 4 is 56.4 Å². The van der Waals surface area contributed by atoms with Crippen molar-refractivity contribution in [3.8, 4) is 0 Å². The number of hydrogen-bond acceptors (Lipinski definition) is 2. The number of hydrogen-bond donors (Lipinski definition) is 2. The standard InChI is InChI=1S/C14H11BrCl2N2O/c15-9-4-1-2-7-12(9)19-13(20)8-18-14-10(16)5-3-6-11(14)17/h1-7,18H,8H2,(H,19,20). The van der Waals surface area contributed by atoms with Crippen molar-refractivity contribution in [3.05, 3.63) is 57.0 Å². The highest BCUT2D eigenvalue weighted by Gasteiger charge is 2.08. The van der Waals surface area contributed by atoms with Gasteiger partial charge in [-0.05, 0) is 40.2 Å². The van der Waals surface area contributed by atoms with Crippen LogP contribution >= 0.6 is 39.1 Å². The second-order valence-electron chi connectivity index (χ2n) is 3.98.